The van der Waals surface area contributed by atoms with Crippen LogP contribution in [0.5, 0.6) is 5.75 Å². The second-order valence-electron chi connectivity index (χ2n) is 5.31. The first kappa shape index (κ1) is 15.8. The van der Waals surface area contributed by atoms with E-state index in [1.165, 1.54) is 12.1 Å². The summed E-state index contributed by atoms with van der Waals surface area (Å²) in [5.41, 5.74) is 2.08. The van der Waals surface area contributed by atoms with Crippen LogP contribution in [0.2, 0.25) is 0 Å². The number of nitrogens with one attached hydrogen (secondary N) is 3. The highest BCUT2D eigenvalue weighted by atomic mass is 19.1. The molecule has 0 atom stereocenters. The van der Waals surface area contributed by atoms with Gasteiger partial charge in [0.1, 0.15) is 11.6 Å². The quantitative estimate of drug-likeness (QED) is 0.806. The fraction of sp³-hybridized carbons (Fsp3) is 0.176. The predicted molar refractivity (Wildman–Crippen MR) is 87.7 cm³/mol. The zero-order chi connectivity index (χ0) is 16.9. The molecule has 2 aromatic rings. The van der Waals surface area contributed by atoms with E-state index in [2.05, 4.69) is 16.0 Å². The first-order valence-corrected chi connectivity index (χ1v) is 7.46. The van der Waals surface area contributed by atoms with Gasteiger partial charge in [-0.05, 0) is 36.2 Å². The molecule has 1 aliphatic heterocycles. The molecule has 3 rings (SSSR count). The molecule has 3 amide bonds. The number of fused-ring (bicyclic) bond motifs is 1. The molecule has 0 bridgehead atoms. The molecule has 124 valence electrons. The van der Waals surface area contributed by atoms with Crippen LogP contribution in [0.15, 0.2) is 42.5 Å². The van der Waals surface area contributed by atoms with E-state index in [1.54, 1.807) is 30.3 Å². The number of anilines is 2. The average molecular weight is 329 g/mol. The van der Waals surface area contributed by atoms with Gasteiger partial charge in [0, 0.05) is 18.3 Å². The Bertz CT molecular complexity index is 762. The smallest absolute Gasteiger partial charge is 0.319 e. The van der Waals surface area contributed by atoms with E-state index >= 15 is 0 Å². The maximum atomic E-state index is 12.8. The summed E-state index contributed by atoms with van der Waals surface area (Å²) in [6.07, 6.45) is 0.604. The van der Waals surface area contributed by atoms with E-state index < -0.39 is 0 Å². The minimum Gasteiger partial charge on any atom is -0.482 e. The van der Waals surface area contributed by atoms with Crippen LogP contribution in [0.3, 0.4) is 0 Å². The molecule has 7 heteroatoms. The highest BCUT2D eigenvalue weighted by molar-refractivity contribution is 5.96. The normalized spacial score (nSPS) is 12.6. The van der Waals surface area contributed by atoms with E-state index in [1.807, 2.05) is 0 Å². The molecule has 0 radical (unpaired) electrons. The number of rotatable bonds is 4. The summed E-state index contributed by atoms with van der Waals surface area (Å²) in [5.74, 6) is 0.0238. The summed E-state index contributed by atoms with van der Waals surface area (Å²) >= 11 is 0. The predicted octanol–water partition coefficient (Wildman–Crippen LogP) is 2.52. The number of amides is 3. The number of ether oxygens (including phenoxy) is 1. The Morgan fingerprint density at radius 2 is 2.00 bits per heavy atom. The molecule has 1 heterocycles. The van der Waals surface area contributed by atoms with E-state index in [-0.39, 0.29) is 24.4 Å². The molecule has 1 aliphatic rings. The molecular formula is C17H16FN3O3. The lowest BCUT2D eigenvalue weighted by Gasteiger charge is -2.18. The summed E-state index contributed by atoms with van der Waals surface area (Å²) in [4.78, 5) is 23.1. The molecule has 0 unspecified atom stereocenters. The summed E-state index contributed by atoms with van der Waals surface area (Å²) in [6, 6.07) is 10.8. The van der Waals surface area contributed by atoms with E-state index in [9.17, 15) is 14.0 Å². The number of hydrogen-bond donors (Lipinski definition) is 3. The number of hydrogen-bond acceptors (Lipinski definition) is 3. The maximum absolute atomic E-state index is 12.8. The summed E-state index contributed by atoms with van der Waals surface area (Å²) in [6.45, 7) is 0.384. The van der Waals surface area contributed by atoms with Gasteiger partial charge >= 0.3 is 6.03 Å². The molecule has 0 fully saturated rings. The molecule has 0 saturated heterocycles. The van der Waals surface area contributed by atoms with Crippen molar-refractivity contribution in [2.75, 3.05) is 23.8 Å². The standard InChI is InChI=1S/C17H16FN3O3/c18-12-3-1-11(2-4-12)7-8-19-17(23)20-13-5-6-14-15(9-13)24-10-16(22)21-14/h1-6,9H,7-8,10H2,(H,21,22)(H2,19,20,23). The molecule has 3 N–H and O–H groups in total. The van der Waals surface area contributed by atoms with Crippen LogP contribution in [0, 0.1) is 5.82 Å². The minimum absolute atomic E-state index is 0.0413. The molecular weight excluding hydrogens is 313 g/mol. The number of halogens is 1. The monoisotopic (exact) mass is 329 g/mol. The first-order valence-electron chi connectivity index (χ1n) is 7.46. The van der Waals surface area contributed by atoms with Gasteiger partial charge in [0.05, 0.1) is 5.69 Å². The third kappa shape index (κ3) is 4.01. The summed E-state index contributed by atoms with van der Waals surface area (Å²) in [5, 5.41) is 8.10. The van der Waals surface area contributed by atoms with Crippen molar-refractivity contribution in [1.82, 2.24) is 5.32 Å². The SMILES string of the molecule is O=C1COc2cc(NC(=O)NCCc3ccc(F)cc3)ccc2N1. The molecule has 6 nitrogen and oxygen atoms in total. The Hall–Kier alpha value is -3.09. The lowest BCUT2D eigenvalue weighted by Crippen LogP contribution is -2.30. The lowest BCUT2D eigenvalue weighted by atomic mass is 10.1. The Kier molecular flexibility index (Phi) is 4.60. The molecule has 0 saturated carbocycles. The number of benzene rings is 2. The van der Waals surface area contributed by atoms with Gasteiger partial charge in [-0.2, -0.15) is 0 Å². The Morgan fingerprint density at radius 1 is 1.21 bits per heavy atom. The third-order valence-corrected chi connectivity index (χ3v) is 3.48. The van der Waals surface area contributed by atoms with Crippen molar-refractivity contribution >= 4 is 23.3 Å². The fourth-order valence-corrected chi connectivity index (χ4v) is 2.30. The zero-order valence-corrected chi connectivity index (χ0v) is 12.8. The highest BCUT2D eigenvalue weighted by Gasteiger charge is 2.16. The number of carbonyl (C=O) groups is 2. The van der Waals surface area contributed by atoms with Crippen LogP contribution in [0.25, 0.3) is 0 Å². The van der Waals surface area contributed by atoms with Gasteiger partial charge in [-0.15, -0.1) is 0 Å². The van der Waals surface area contributed by atoms with Crippen molar-refractivity contribution in [3.63, 3.8) is 0 Å². The Balaban J connectivity index is 1.50. The van der Waals surface area contributed by atoms with E-state index in [4.69, 9.17) is 4.74 Å². The highest BCUT2D eigenvalue weighted by Crippen LogP contribution is 2.30. The van der Waals surface area contributed by atoms with Gasteiger partial charge < -0.3 is 20.7 Å². The first-order chi connectivity index (χ1) is 11.6. The fourth-order valence-electron chi connectivity index (χ4n) is 2.30. The van der Waals surface area contributed by atoms with Crippen LogP contribution < -0.4 is 20.7 Å². The van der Waals surface area contributed by atoms with Gasteiger partial charge in [0.15, 0.2) is 6.61 Å². The Morgan fingerprint density at radius 3 is 2.79 bits per heavy atom. The third-order valence-electron chi connectivity index (χ3n) is 3.48. The molecule has 24 heavy (non-hydrogen) atoms. The Labute approximate surface area is 138 Å². The summed E-state index contributed by atoms with van der Waals surface area (Å²) < 4.78 is 18.1. The maximum Gasteiger partial charge on any atom is 0.319 e. The average Bonchev–Trinajstić information content (AvgIpc) is 2.57. The van der Waals surface area contributed by atoms with Crippen molar-refractivity contribution in [1.29, 1.82) is 0 Å². The van der Waals surface area contributed by atoms with Crippen molar-refractivity contribution in [3.05, 3.63) is 53.8 Å². The van der Waals surface area contributed by atoms with Crippen molar-refractivity contribution < 1.29 is 18.7 Å². The molecule has 2 aromatic carbocycles. The number of urea groups is 1. The second-order valence-corrected chi connectivity index (χ2v) is 5.31. The van der Waals surface area contributed by atoms with Crippen LogP contribution in [-0.4, -0.2) is 25.1 Å². The van der Waals surface area contributed by atoms with Crippen molar-refractivity contribution in [2.45, 2.75) is 6.42 Å². The minimum atomic E-state index is -0.350. The number of carbonyl (C=O) groups excluding carboxylic acids is 2. The molecule has 0 aliphatic carbocycles. The van der Waals surface area contributed by atoms with Gasteiger partial charge in [0.25, 0.3) is 5.91 Å². The van der Waals surface area contributed by atoms with Crippen molar-refractivity contribution in [3.8, 4) is 5.75 Å². The van der Waals surface area contributed by atoms with Gasteiger partial charge in [0.2, 0.25) is 0 Å². The van der Waals surface area contributed by atoms with Gasteiger partial charge in [-0.25, -0.2) is 9.18 Å². The van der Waals surface area contributed by atoms with Gasteiger partial charge in [-0.1, -0.05) is 12.1 Å². The van der Waals surface area contributed by atoms with Crippen LogP contribution in [0.1, 0.15) is 5.56 Å². The zero-order valence-electron chi connectivity index (χ0n) is 12.8. The van der Waals surface area contributed by atoms with E-state index in [0.29, 0.717) is 30.1 Å². The van der Waals surface area contributed by atoms with Crippen LogP contribution >= 0.6 is 0 Å². The largest absolute Gasteiger partial charge is 0.482 e. The van der Waals surface area contributed by atoms with Gasteiger partial charge in [-0.3, -0.25) is 4.79 Å². The van der Waals surface area contributed by atoms with Crippen LogP contribution in [0.4, 0.5) is 20.6 Å². The van der Waals surface area contributed by atoms with Crippen molar-refractivity contribution in [2.24, 2.45) is 0 Å². The topological polar surface area (TPSA) is 79.5 Å². The van der Waals surface area contributed by atoms with E-state index in [0.717, 1.165) is 5.56 Å². The summed E-state index contributed by atoms with van der Waals surface area (Å²) in [7, 11) is 0. The van der Waals surface area contributed by atoms with Crippen LogP contribution in [-0.2, 0) is 11.2 Å². The lowest BCUT2D eigenvalue weighted by molar-refractivity contribution is -0.118. The second kappa shape index (κ2) is 6.99. The molecule has 0 aromatic heterocycles. The molecule has 0 spiro atoms.